The van der Waals surface area contributed by atoms with Crippen LogP contribution in [0.1, 0.15) is 26.3 Å². The number of nitrogens with one attached hydrogen (secondary N) is 2. The number of benzene rings is 3. The average molecular weight is 465 g/mol. The summed E-state index contributed by atoms with van der Waals surface area (Å²) in [5.74, 6) is -4.35. The molecule has 0 radical (unpaired) electrons. The van der Waals surface area contributed by atoms with E-state index in [2.05, 4.69) is 10.6 Å². The maximum Gasteiger partial charge on any atom is 0.337 e. The smallest absolute Gasteiger partial charge is 0.337 e. The molecule has 9 heteroatoms. The van der Waals surface area contributed by atoms with Crippen molar-refractivity contribution in [3.05, 3.63) is 100 Å². The zero-order valence-electron chi connectivity index (χ0n) is 16.9. The fourth-order valence-corrected chi connectivity index (χ4v) is 3.09. The van der Waals surface area contributed by atoms with Gasteiger partial charge in [0.1, 0.15) is 5.57 Å². The summed E-state index contributed by atoms with van der Waals surface area (Å²) in [6.07, 6.45) is 1.30. The number of hydrogen-bond acceptors (Lipinski definition) is 4. The molecule has 0 aromatic heterocycles. The van der Waals surface area contributed by atoms with E-state index in [1.807, 2.05) is 0 Å². The molecule has 0 fully saturated rings. The van der Waals surface area contributed by atoms with E-state index in [0.29, 0.717) is 5.56 Å². The Labute approximate surface area is 193 Å². The molecular formula is C24H17ClN2O6. The molecule has 0 bridgehead atoms. The van der Waals surface area contributed by atoms with E-state index in [-0.39, 0.29) is 33.1 Å². The number of aromatic carboxylic acids is 2. The number of rotatable bonds is 7. The van der Waals surface area contributed by atoms with E-state index in [4.69, 9.17) is 11.6 Å². The third-order valence-electron chi connectivity index (χ3n) is 4.47. The van der Waals surface area contributed by atoms with Gasteiger partial charge in [0, 0.05) is 5.02 Å². The summed E-state index contributed by atoms with van der Waals surface area (Å²) in [6.45, 7) is 0. The zero-order chi connectivity index (χ0) is 24.0. The minimum atomic E-state index is -1.30. The van der Waals surface area contributed by atoms with Crippen LogP contribution in [0.3, 0.4) is 0 Å². The topological polar surface area (TPSA) is 133 Å². The van der Waals surface area contributed by atoms with Crippen molar-refractivity contribution in [3.63, 3.8) is 0 Å². The summed E-state index contributed by atoms with van der Waals surface area (Å²) in [4.78, 5) is 49.1. The van der Waals surface area contributed by atoms with Crippen molar-refractivity contribution in [3.8, 4) is 0 Å². The molecule has 4 N–H and O–H groups in total. The molecule has 0 aliphatic heterocycles. The van der Waals surface area contributed by atoms with E-state index < -0.39 is 23.8 Å². The Hall–Kier alpha value is -4.43. The van der Waals surface area contributed by atoms with Gasteiger partial charge in [-0.05, 0) is 42.0 Å². The first-order valence-corrected chi connectivity index (χ1v) is 9.88. The molecule has 0 heterocycles. The maximum absolute atomic E-state index is 13.1. The van der Waals surface area contributed by atoms with Crippen LogP contribution < -0.4 is 10.6 Å². The number of amides is 2. The molecule has 3 aromatic carbocycles. The van der Waals surface area contributed by atoms with Gasteiger partial charge < -0.3 is 20.8 Å². The van der Waals surface area contributed by atoms with Crippen LogP contribution in [0.4, 0.5) is 11.4 Å². The van der Waals surface area contributed by atoms with Crippen molar-refractivity contribution in [1.82, 2.24) is 0 Å². The van der Waals surface area contributed by atoms with E-state index in [9.17, 15) is 29.4 Å². The van der Waals surface area contributed by atoms with Gasteiger partial charge in [0.2, 0.25) is 0 Å². The van der Waals surface area contributed by atoms with Crippen LogP contribution in [-0.4, -0.2) is 34.0 Å². The molecule has 3 aromatic rings. The number of para-hydroxylation sites is 1. The largest absolute Gasteiger partial charge is 0.478 e. The molecule has 0 atom stereocenters. The van der Waals surface area contributed by atoms with Crippen molar-refractivity contribution < 1.29 is 29.4 Å². The Bertz CT molecular complexity index is 1270. The number of hydrogen-bond donors (Lipinski definition) is 4. The number of carboxylic acid groups (broad SMARTS) is 2. The van der Waals surface area contributed by atoms with Gasteiger partial charge in [-0.15, -0.1) is 0 Å². The molecule has 33 heavy (non-hydrogen) atoms. The highest BCUT2D eigenvalue weighted by molar-refractivity contribution is 6.32. The number of carbonyl (C=O) groups is 4. The number of carboxylic acids is 2. The molecule has 0 saturated heterocycles. The van der Waals surface area contributed by atoms with E-state index in [0.717, 1.165) is 0 Å². The molecule has 2 amide bonds. The average Bonchev–Trinajstić information content (AvgIpc) is 2.78. The summed E-state index contributed by atoms with van der Waals surface area (Å²) >= 11 is 5.94. The quantitative estimate of drug-likeness (QED) is 0.233. The predicted molar refractivity (Wildman–Crippen MR) is 123 cm³/mol. The van der Waals surface area contributed by atoms with Gasteiger partial charge in [-0.3, -0.25) is 9.59 Å². The van der Waals surface area contributed by atoms with E-state index >= 15 is 0 Å². The van der Waals surface area contributed by atoms with Gasteiger partial charge in [-0.25, -0.2) is 9.59 Å². The van der Waals surface area contributed by atoms with Gasteiger partial charge in [0.25, 0.3) is 11.8 Å². The lowest BCUT2D eigenvalue weighted by atomic mass is 10.1. The van der Waals surface area contributed by atoms with Crippen LogP contribution in [-0.2, 0) is 9.59 Å². The van der Waals surface area contributed by atoms with Gasteiger partial charge in [-0.1, -0.05) is 54.1 Å². The summed E-state index contributed by atoms with van der Waals surface area (Å²) in [5, 5.41) is 23.8. The van der Waals surface area contributed by atoms with Crippen LogP contribution in [0, 0.1) is 0 Å². The monoisotopic (exact) mass is 464 g/mol. The van der Waals surface area contributed by atoms with Crippen molar-refractivity contribution >= 4 is 52.8 Å². The van der Waals surface area contributed by atoms with Crippen LogP contribution in [0.5, 0.6) is 0 Å². The van der Waals surface area contributed by atoms with Crippen molar-refractivity contribution in [2.75, 3.05) is 10.6 Å². The first-order chi connectivity index (χ1) is 15.8. The lowest BCUT2D eigenvalue weighted by molar-refractivity contribution is -0.118. The minimum Gasteiger partial charge on any atom is -0.478 e. The van der Waals surface area contributed by atoms with Gasteiger partial charge in [0.15, 0.2) is 0 Å². The highest BCUT2D eigenvalue weighted by Crippen LogP contribution is 2.23. The molecule has 0 unspecified atom stereocenters. The van der Waals surface area contributed by atoms with Crippen molar-refractivity contribution in [2.24, 2.45) is 0 Å². The van der Waals surface area contributed by atoms with Gasteiger partial charge in [0.05, 0.1) is 22.5 Å². The Morgan fingerprint density at radius 1 is 0.697 bits per heavy atom. The standard InChI is InChI=1S/C24H17ClN2O6/c25-15-10-11-17(24(32)33)20(13-15)27-22(29)18(12-14-6-2-1-3-7-14)21(28)26-19-9-5-4-8-16(19)23(30)31/h1-13H,(H,26,28)(H,27,29)(H,30,31)(H,32,33)/b18-12+. The van der Waals surface area contributed by atoms with E-state index in [1.165, 1.54) is 48.5 Å². The summed E-state index contributed by atoms with van der Waals surface area (Å²) in [5.41, 5.74) is -0.336. The number of anilines is 2. The third kappa shape index (κ3) is 5.84. The number of halogens is 1. The van der Waals surface area contributed by atoms with Crippen LogP contribution in [0.2, 0.25) is 5.02 Å². The van der Waals surface area contributed by atoms with E-state index in [1.54, 1.807) is 30.3 Å². The molecule has 0 saturated carbocycles. The summed E-state index contributed by atoms with van der Waals surface area (Å²) in [6, 6.07) is 18.1. The highest BCUT2D eigenvalue weighted by Gasteiger charge is 2.23. The Kier molecular flexibility index (Phi) is 7.22. The lowest BCUT2D eigenvalue weighted by Crippen LogP contribution is -2.26. The minimum absolute atomic E-state index is 0.00394. The van der Waals surface area contributed by atoms with Crippen molar-refractivity contribution in [1.29, 1.82) is 0 Å². The first-order valence-electron chi connectivity index (χ1n) is 9.51. The second kappa shape index (κ2) is 10.3. The molecule has 0 aliphatic rings. The maximum atomic E-state index is 13.1. The lowest BCUT2D eigenvalue weighted by Gasteiger charge is -2.13. The fourth-order valence-electron chi connectivity index (χ4n) is 2.91. The Balaban J connectivity index is 1.99. The zero-order valence-corrected chi connectivity index (χ0v) is 17.7. The number of carbonyl (C=O) groups excluding carboxylic acids is 2. The van der Waals surface area contributed by atoms with Crippen LogP contribution in [0.25, 0.3) is 6.08 Å². The van der Waals surface area contributed by atoms with Crippen LogP contribution >= 0.6 is 11.6 Å². The van der Waals surface area contributed by atoms with Gasteiger partial charge >= 0.3 is 11.9 Å². The third-order valence-corrected chi connectivity index (χ3v) is 4.70. The molecular weight excluding hydrogens is 448 g/mol. The predicted octanol–water partition coefficient (Wildman–Crippen LogP) is 4.40. The summed E-state index contributed by atoms with van der Waals surface area (Å²) < 4.78 is 0. The molecule has 166 valence electrons. The summed E-state index contributed by atoms with van der Waals surface area (Å²) in [7, 11) is 0. The first kappa shape index (κ1) is 23.2. The van der Waals surface area contributed by atoms with Gasteiger partial charge in [-0.2, -0.15) is 0 Å². The SMILES string of the molecule is O=C(Nc1ccccc1C(=O)O)/C(=C\c1ccccc1)C(=O)Nc1cc(Cl)ccc1C(=O)O. The second-order valence-electron chi connectivity index (χ2n) is 6.72. The van der Waals surface area contributed by atoms with Crippen molar-refractivity contribution in [2.45, 2.75) is 0 Å². The Morgan fingerprint density at radius 2 is 1.24 bits per heavy atom. The second-order valence-corrected chi connectivity index (χ2v) is 7.16. The molecule has 3 rings (SSSR count). The normalized spacial score (nSPS) is 10.9. The molecule has 0 spiro atoms. The fraction of sp³-hybridized carbons (Fsp3) is 0. The molecule has 0 aliphatic carbocycles. The highest BCUT2D eigenvalue weighted by atomic mass is 35.5. The Morgan fingerprint density at radius 3 is 1.88 bits per heavy atom. The molecule has 8 nitrogen and oxygen atoms in total. The van der Waals surface area contributed by atoms with Crippen LogP contribution in [0.15, 0.2) is 78.4 Å².